The van der Waals surface area contributed by atoms with Gasteiger partial charge in [-0.3, -0.25) is 9.69 Å². The first-order chi connectivity index (χ1) is 12.7. The fourth-order valence-corrected chi connectivity index (χ4v) is 2.85. The number of carbonyl (C=O) groups is 1. The molecule has 1 amide bonds. The van der Waals surface area contributed by atoms with Crippen LogP contribution in [0.2, 0.25) is 0 Å². The van der Waals surface area contributed by atoms with Crippen molar-refractivity contribution in [3.63, 3.8) is 0 Å². The van der Waals surface area contributed by atoms with E-state index in [2.05, 4.69) is 37.2 Å². The van der Waals surface area contributed by atoms with E-state index in [4.69, 9.17) is 10.5 Å². The molecule has 0 saturated carbocycles. The van der Waals surface area contributed by atoms with Crippen molar-refractivity contribution in [2.45, 2.75) is 0 Å². The highest BCUT2D eigenvalue weighted by Gasteiger charge is 2.16. The van der Waals surface area contributed by atoms with E-state index in [1.54, 1.807) is 7.11 Å². The standard InChI is InChI=1S/C18H24N6O2/c1-26-11-10-23-6-8-24(9-7-23)16-4-2-15(3-5-16)22-18-20-12-14(13-21-18)17(19)25/h2-5,12-13H,6-11H2,1H3,(H2,19,25)(H,20,21,22). The van der Waals surface area contributed by atoms with Crippen molar-refractivity contribution in [1.29, 1.82) is 0 Å². The molecule has 1 aromatic carbocycles. The summed E-state index contributed by atoms with van der Waals surface area (Å²) in [5.74, 6) is -0.113. The van der Waals surface area contributed by atoms with Gasteiger partial charge < -0.3 is 20.7 Å². The van der Waals surface area contributed by atoms with Crippen molar-refractivity contribution in [3.8, 4) is 0 Å². The number of benzene rings is 1. The molecule has 138 valence electrons. The van der Waals surface area contributed by atoms with Gasteiger partial charge in [0.25, 0.3) is 5.91 Å². The first-order valence-corrected chi connectivity index (χ1v) is 8.61. The van der Waals surface area contributed by atoms with Gasteiger partial charge in [0.1, 0.15) is 0 Å². The number of aromatic nitrogens is 2. The lowest BCUT2D eigenvalue weighted by molar-refractivity contribution is 0.0999. The molecule has 1 aromatic heterocycles. The Bertz CT molecular complexity index is 711. The van der Waals surface area contributed by atoms with Gasteiger partial charge >= 0.3 is 0 Å². The summed E-state index contributed by atoms with van der Waals surface area (Å²) in [5.41, 5.74) is 7.56. The molecule has 2 heterocycles. The maximum Gasteiger partial charge on any atom is 0.251 e. The summed E-state index contributed by atoms with van der Waals surface area (Å²) in [7, 11) is 1.74. The van der Waals surface area contributed by atoms with E-state index in [0.29, 0.717) is 5.95 Å². The molecule has 2 aromatic rings. The third-order valence-electron chi connectivity index (χ3n) is 4.41. The lowest BCUT2D eigenvalue weighted by atomic mass is 10.2. The summed E-state index contributed by atoms with van der Waals surface area (Å²) in [5, 5.41) is 3.12. The third kappa shape index (κ3) is 4.68. The number of nitrogens with two attached hydrogens (primary N) is 1. The number of nitrogens with one attached hydrogen (secondary N) is 1. The van der Waals surface area contributed by atoms with E-state index < -0.39 is 5.91 Å². The maximum absolute atomic E-state index is 11.0. The molecule has 0 aliphatic carbocycles. The number of amides is 1. The molecule has 0 atom stereocenters. The zero-order valence-electron chi connectivity index (χ0n) is 14.9. The van der Waals surface area contributed by atoms with Gasteiger partial charge in [-0.2, -0.15) is 0 Å². The number of nitrogens with zero attached hydrogens (tertiary/aromatic N) is 4. The summed E-state index contributed by atoms with van der Waals surface area (Å²) in [4.78, 5) is 24.0. The van der Waals surface area contributed by atoms with Crippen molar-refractivity contribution in [2.75, 3.05) is 56.7 Å². The van der Waals surface area contributed by atoms with Gasteiger partial charge in [0.05, 0.1) is 12.2 Å². The molecule has 0 bridgehead atoms. The first-order valence-electron chi connectivity index (χ1n) is 8.61. The van der Waals surface area contributed by atoms with Gasteiger partial charge in [-0.1, -0.05) is 0 Å². The highest BCUT2D eigenvalue weighted by atomic mass is 16.5. The van der Waals surface area contributed by atoms with Crippen LogP contribution in [0.4, 0.5) is 17.3 Å². The number of piperazine rings is 1. The fourth-order valence-electron chi connectivity index (χ4n) is 2.85. The summed E-state index contributed by atoms with van der Waals surface area (Å²) < 4.78 is 5.14. The van der Waals surface area contributed by atoms with Crippen LogP contribution in [0.3, 0.4) is 0 Å². The Morgan fingerprint density at radius 3 is 2.38 bits per heavy atom. The quantitative estimate of drug-likeness (QED) is 0.766. The number of primary amides is 1. The Hall–Kier alpha value is -2.71. The van der Waals surface area contributed by atoms with E-state index in [-0.39, 0.29) is 5.56 Å². The average molecular weight is 356 g/mol. The Morgan fingerprint density at radius 2 is 1.81 bits per heavy atom. The summed E-state index contributed by atoms with van der Waals surface area (Å²) in [6.45, 7) is 5.87. The Balaban J connectivity index is 1.54. The molecule has 1 aliphatic rings. The maximum atomic E-state index is 11.0. The molecule has 1 saturated heterocycles. The molecule has 0 unspecified atom stereocenters. The Kier molecular flexibility index (Phi) is 5.98. The molecule has 26 heavy (non-hydrogen) atoms. The number of hydrogen-bond acceptors (Lipinski definition) is 7. The second-order valence-electron chi connectivity index (χ2n) is 6.15. The molecule has 0 radical (unpaired) electrons. The Morgan fingerprint density at radius 1 is 1.15 bits per heavy atom. The number of ether oxygens (including phenoxy) is 1. The summed E-state index contributed by atoms with van der Waals surface area (Å²) >= 11 is 0. The molecule has 0 spiro atoms. The van der Waals surface area contributed by atoms with Crippen molar-refractivity contribution in [1.82, 2.24) is 14.9 Å². The van der Waals surface area contributed by atoms with Crippen molar-refractivity contribution < 1.29 is 9.53 Å². The van der Waals surface area contributed by atoms with Crippen molar-refractivity contribution in [3.05, 3.63) is 42.2 Å². The lowest BCUT2D eigenvalue weighted by Gasteiger charge is -2.36. The number of carbonyl (C=O) groups excluding carboxylic acids is 1. The van der Waals surface area contributed by atoms with Crippen molar-refractivity contribution >= 4 is 23.2 Å². The second kappa shape index (κ2) is 8.59. The summed E-state index contributed by atoms with van der Waals surface area (Å²) in [6.07, 6.45) is 2.82. The van der Waals surface area contributed by atoms with Gasteiger partial charge in [-0.25, -0.2) is 9.97 Å². The normalized spacial score (nSPS) is 15.0. The zero-order chi connectivity index (χ0) is 18.4. The van der Waals surface area contributed by atoms with E-state index >= 15 is 0 Å². The van der Waals surface area contributed by atoms with E-state index in [1.165, 1.54) is 18.1 Å². The van der Waals surface area contributed by atoms with Gasteiger partial charge in [0, 0.05) is 63.6 Å². The van der Waals surface area contributed by atoms with Crippen LogP contribution in [-0.4, -0.2) is 67.2 Å². The summed E-state index contributed by atoms with van der Waals surface area (Å²) in [6, 6.07) is 8.17. The van der Waals surface area contributed by atoms with E-state index in [9.17, 15) is 4.79 Å². The van der Waals surface area contributed by atoms with Crippen LogP contribution in [0.15, 0.2) is 36.7 Å². The lowest BCUT2D eigenvalue weighted by Crippen LogP contribution is -2.47. The molecule has 8 nitrogen and oxygen atoms in total. The number of anilines is 3. The van der Waals surface area contributed by atoms with Crippen LogP contribution in [0, 0.1) is 0 Å². The van der Waals surface area contributed by atoms with Crippen LogP contribution in [0.25, 0.3) is 0 Å². The fraction of sp³-hybridized carbons (Fsp3) is 0.389. The van der Waals surface area contributed by atoms with Crippen LogP contribution in [0.5, 0.6) is 0 Å². The first kappa shape index (κ1) is 18.1. The zero-order valence-corrected chi connectivity index (χ0v) is 14.9. The predicted molar refractivity (Wildman–Crippen MR) is 101 cm³/mol. The van der Waals surface area contributed by atoms with Gasteiger partial charge in [0.2, 0.25) is 5.95 Å². The molecule has 8 heteroatoms. The molecular weight excluding hydrogens is 332 g/mol. The van der Waals surface area contributed by atoms with E-state index in [1.807, 2.05) is 12.1 Å². The van der Waals surface area contributed by atoms with Gasteiger partial charge in [0.15, 0.2) is 0 Å². The highest BCUT2D eigenvalue weighted by molar-refractivity contribution is 5.92. The average Bonchev–Trinajstić information content (AvgIpc) is 2.68. The largest absolute Gasteiger partial charge is 0.383 e. The minimum atomic E-state index is -0.539. The molecule has 3 N–H and O–H groups in total. The minimum Gasteiger partial charge on any atom is -0.383 e. The molecule has 3 rings (SSSR count). The monoisotopic (exact) mass is 356 g/mol. The SMILES string of the molecule is COCCN1CCN(c2ccc(Nc3ncc(C(N)=O)cn3)cc2)CC1. The highest BCUT2D eigenvalue weighted by Crippen LogP contribution is 2.21. The molecule has 1 aliphatic heterocycles. The Labute approximate surface area is 153 Å². The molecular formula is C18H24N6O2. The van der Waals surface area contributed by atoms with Gasteiger partial charge in [-0.05, 0) is 24.3 Å². The number of rotatable bonds is 7. The minimum absolute atomic E-state index is 0.288. The predicted octanol–water partition coefficient (Wildman–Crippen LogP) is 1.09. The number of hydrogen-bond donors (Lipinski definition) is 2. The van der Waals surface area contributed by atoms with Crippen LogP contribution in [-0.2, 0) is 4.74 Å². The van der Waals surface area contributed by atoms with Crippen LogP contribution in [0.1, 0.15) is 10.4 Å². The third-order valence-corrected chi connectivity index (χ3v) is 4.41. The van der Waals surface area contributed by atoms with Crippen LogP contribution < -0.4 is 16.0 Å². The second-order valence-corrected chi connectivity index (χ2v) is 6.15. The number of methoxy groups -OCH3 is 1. The van der Waals surface area contributed by atoms with Crippen LogP contribution >= 0.6 is 0 Å². The molecule has 1 fully saturated rings. The van der Waals surface area contributed by atoms with E-state index in [0.717, 1.165) is 45.0 Å². The van der Waals surface area contributed by atoms with Crippen molar-refractivity contribution in [2.24, 2.45) is 5.73 Å². The van der Waals surface area contributed by atoms with Gasteiger partial charge in [-0.15, -0.1) is 0 Å². The topological polar surface area (TPSA) is 96.6 Å². The smallest absolute Gasteiger partial charge is 0.251 e.